The number of amides is 2. The summed E-state index contributed by atoms with van der Waals surface area (Å²) in [6.07, 6.45) is 0.810. The summed E-state index contributed by atoms with van der Waals surface area (Å²) >= 11 is 7.30. The van der Waals surface area contributed by atoms with Gasteiger partial charge < -0.3 is 16.0 Å². The second-order valence-corrected chi connectivity index (χ2v) is 7.36. The second kappa shape index (κ2) is 6.93. The molecule has 7 heteroatoms. The third kappa shape index (κ3) is 3.31. The van der Waals surface area contributed by atoms with E-state index < -0.39 is 5.91 Å². The number of likely N-dealkylation sites (N-methyl/N-ethyl adjacent to an activating group) is 1. The maximum atomic E-state index is 12.4. The van der Waals surface area contributed by atoms with Crippen LogP contribution in [0.3, 0.4) is 0 Å². The highest BCUT2D eigenvalue weighted by Gasteiger charge is 2.29. The lowest BCUT2D eigenvalue weighted by molar-refractivity contribution is -0.913. The van der Waals surface area contributed by atoms with E-state index in [1.165, 1.54) is 16.2 Å². The van der Waals surface area contributed by atoms with Crippen LogP contribution in [0.4, 0.5) is 5.00 Å². The van der Waals surface area contributed by atoms with Crippen LogP contribution >= 0.6 is 22.9 Å². The standard InChI is InChI=1S/C17H18ClN3O2S/c1-2-21-8-7-12-13(9-21)24-17(14(12)15(19)22)20-16(23)10-3-5-11(18)6-4-10/h3-6H,2,7-9H2,1H3,(H2,19,22)(H,20,23)/p+1. The van der Waals surface area contributed by atoms with Gasteiger partial charge in [0.05, 0.1) is 23.5 Å². The largest absolute Gasteiger partial charge is 0.365 e. The zero-order valence-electron chi connectivity index (χ0n) is 13.3. The summed E-state index contributed by atoms with van der Waals surface area (Å²) in [6, 6.07) is 6.62. The molecule has 5 nitrogen and oxygen atoms in total. The minimum Gasteiger partial charge on any atom is -0.365 e. The number of carbonyl (C=O) groups excluding carboxylic acids is 2. The van der Waals surface area contributed by atoms with Gasteiger partial charge in [0.15, 0.2) is 0 Å². The number of anilines is 1. The minimum absolute atomic E-state index is 0.271. The fraction of sp³-hybridized carbons (Fsp3) is 0.294. The lowest BCUT2D eigenvalue weighted by Gasteiger charge is -2.22. The molecule has 0 spiro atoms. The van der Waals surface area contributed by atoms with Crippen molar-refractivity contribution in [2.24, 2.45) is 5.73 Å². The monoisotopic (exact) mass is 364 g/mol. The molecule has 1 aliphatic rings. The summed E-state index contributed by atoms with van der Waals surface area (Å²) in [5.74, 6) is -0.758. The van der Waals surface area contributed by atoms with Crippen molar-refractivity contribution in [2.75, 3.05) is 18.4 Å². The van der Waals surface area contributed by atoms with Crippen LogP contribution in [-0.4, -0.2) is 24.9 Å². The molecule has 0 radical (unpaired) electrons. The van der Waals surface area contributed by atoms with Gasteiger partial charge in [0, 0.05) is 17.0 Å². The average molecular weight is 365 g/mol. The van der Waals surface area contributed by atoms with Crippen molar-refractivity contribution in [3.05, 3.63) is 50.9 Å². The predicted molar refractivity (Wildman–Crippen MR) is 96.0 cm³/mol. The Balaban J connectivity index is 1.90. The fourth-order valence-corrected chi connectivity index (χ4v) is 4.41. The fourth-order valence-electron chi connectivity index (χ4n) is 2.96. The Labute approximate surface area is 149 Å². The summed E-state index contributed by atoms with van der Waals surface area (Å²) in [6.45, 7) is 5.03. The molecule has 0 saturated heterocycles. The number of nitrogens with one attached hydrogen (secondary N) is 2. The molecule has 2 heterocycles. The van der Waals surface area contributed by atoms with E-state index in [1.807, 2.05) is 0 Å². The molecule has 1 atom stereocenters. The Hall–Kier alpha value is -1.89. The molecule has 126 valence electrons. The molecule has 0 bridgehead atoms. The van der Waals surface area contributed by atoms with E-state index in [4.69, 9.17) is 17.3 Å². The molecular weight excluding hydrogens is 346 g/mol. The molecule has 1 aliphatic heterocycles. The van der Waals surface area contributed by atoms with Crippen LogP contribution in [-0.2, 0) is 13.0 Å². The zero-order valence-corrected chi connectivity index (χ0v) is 14.9. The van der Waals surface area contributed by atoms with Crippen LogP contribution in [0, 0.1) is 0 Å². The molecule has 1 unspecified atom stereocenters. The molecule has 24 heavy (non-hydrogen) atoms. The molecule has 0 aliphatic carbocycles. The van der Waals surface area contributed by atoms with Gasteiger partial charge >= 0.3 is 0 Å². The van der Waals surface area contributed by atoms with Crippen LogP contribution in [0.5, 0.6) is 0 Å². The van der Waals surface area contributed by atoms with E-state index in [0.717, 1.165) is 36.5 Å². The molecule has 0 fully saturated rings. The van der Waals surface area contributed by atoms with E-state index >= 15 is 0 Å². The number of nitrogens with two attached hydrogens (primary N) is 1. The number of thiophene rings is 1. The summed E-state index contributed by atoms with van der Waals surface area (Å²) < 4.78 is 0. The molecule has 1 aromatic heterocycles. The van der Waals surface area contributed by atoms with Gasteiger partial charge in [-0.15, -0.1) is 11.3 Å². The first-order valence-corrected chi connectivity index (χ1v) is 9.03. The maximum Gasteiger partial charge on any atom is 0.256 e. The van der Waals surface area contributed by atoms with E-state index in [9.17, 15) is 9.59 Å². The average Bonchev–Trinajstić information content (AvgIpc) is 2.92. The number of fused-ring (bicyclic) bond motifs is 1. The van der Waals surface area contributed by atoms with Crippen LogP contribution in [0.15, 0.2) is 24.3 Å². The maximum absolute atomic E-state index is 12.4. The van der Waals surface area contributed by atoms with Gasteiger partial charge in [-0.3, -0.25) is 9.59 Å². The smallest absolute Gasteiger partial charge is 0.256 e. The molecular formula is C17H19ClN3O2S+. The number of hydrogen-bond acceptors (Lipinski definition) is 3. The number of rotatable bonds is 4. The van der Waals surface area contributed by atoms with Gasteiger partial charge in [0.25, 0.3) is 11.8 Å². The third-order valence-corrected chi connectivity index (χ3v) is 5.71. The number of primary amides is 1. The van der Waals surface area contributed by atoms with Gasteiger partial charge in [-0.2, -0.15) is 0 Å². The second-order valence-electron chi connectivity index (χ2n) is 5.81. The molecule has 2 amide bonds. The number of quaternary nitrogens is 1. The molecule has 3 rings (SSSR count). The Morgan fingerprint density at radius 2 is 2.04 bits per heavy atom. The van der Waals surface area contributed by atoms with Crippen LogP contribution in [0.25, 0.3) is 0 Å². The zero-order chi connectivity index (χ0) is 17.3. The van der Waals surface area contributed by atoms with Crippen LogP contribution in [0.2, 0.25) is 5.02 Å². The molecule has 4 N–H and O–H groups in total. The van der Waals surface area contributed by atoms with Crippen molar-refractivity contribution in [2.45, 2.75) is 19.9 Å². The van der Waals surface area contributed by atoms with Gasteiger partial charge in [0.1, 0.15) is 11.5 Å². The van der Waals surface area contributed by atoms with Crippen LogP contribution in [0.1, 0.15) is 38.1 Å². The number of hydrogen-bond donors (Lipinski definition) is 3. The number of halogens is 1. The van der Waals surface area contributed by atoms with Crippen molar-refractivity contribution in [1.29, 1.82) is 0 Å². The lowest BCUT2D eigenvalue weighted by Crippen LogP contribution is -3.11. The topological polar surface area (TPSA) is 76.6 Å². The SMILES string of the molecule is CC[NH+]1CCc2c(sc(NC(=O)c3ccc(Cl)cc3)c2C(N)=O)C1. The van der Waals surface area contributed by atoms with E-state index in [-0.39, 0.29) is 5.91 Å². The van der Waals surface area contributed by atoms with Crippen molar-refractivity contribution in [1.82, 2.24) is 0 Å². The Morgan fingerprint density at radius 3 is 2.67 bits per heavy atom. The van der Waals surface area contributed by atoms with Gasteiger partial charge in [-0.25, -0.2) is 0 Å². The van der Waals surface area contributed by atoms with Crippen molar-refractivity contribution < 1.29 is 14.5 Å². The highest BCUT2D eigenvalue weighted by molar-refractivity contribution is 7.17. The number of benzene rings is 1. The van der Waals surface area contributed by atoms with Crippen molar-refractivity contribution in [3.63, 3.8) is 0 Å². The molecule has 0 saturated carbocycles. The first kappa shape index (κ1) is 17.0. The summed E-state index contributed by atoms with van der Waals surface area (Å²) in [7, 11) is 0. The predicted octanol–water partition coefficient (Wildman–Crippen LogP) is 1.71. The third-order valence-electron chi connectivity index (χ3n) is 4.31. The van der Waals surface area contributed by atoms with E-state index in [2.05, 4.69) is 12.2 Å². The highest BCUT2D eigenvalue weighted by atomic mass is 35.5. The highest BCUT2D eigenvalue weighted by Crippen LogP contribution is 2.34. The van der Waals surface area contributed by atoms with E-state index in [1.54, 1.807) is 24.3 Å². The Kier molecular flexibility index (Phi) is 4.89. The molecule has 2 aromatic rings. The normalized spacial score (nSPS) is 16.5. The van der Waals surface area contributed by atoms with Gasteiger partial charge in [0.2, 0.25) is 0 Å². The summed E-state index contributed by atoms with van der Waals surface area (Å²) in [4.78, 5) is 27.0. The van der Waals surface area contributed by atoms with Gasteiger partial charge in [-0.1, -0.05) is 11.6 Å². The molecule has 1 aromatic carbocycles. The Bertz CT molecular complexity index is 786. The first-order valence-electron chi connectivity index (χ1n) is 7.84. The van der Waals surface area contributed by atoms with Crippen molar-refractivity contribution in [3.8, 4) is 0 Å². The minimum atomic E-state index is -0.487. The van der Waals surface area contributed by atoms with E-state index in [0.29, 0.717) is 21.2 Å². The summed E-state index contributed by atoms with van der Waals surface area (Å²) in [5.41, 5.74) is 7.53. The summed E-state index contributed by atoms with van der Waals surface area (Å²) in [5, 5.41) is 3.96. The van der Waals surface area contributed by atoms with Crippen molar-refractivity contribution >= 4 is 39.8 Å². The quantitative estimate of drug-likeness (QED) is 0.772. The van der Waals surface area contributed by atoms with Gasteiger partial charge in [-0.05, 0) is 36.8 Å². The Morgan fingerprint density at radius 1 is 1.33 bits per heavy atom. The van der Waals surface area contributed by atoms with Crippen LogP contribution < -0.4 is 16.0 Å². The first-order chi connectivity index (χ1) is 11.5. The lowest BCUT2D eigenvalue weighted by atomic mass is 10.0. The number of carbonyl (C=O) groups is 2.